The molecule has 0 rings (SSSR count). The second-order valence-electron chi connectivity index (χ2n) is 18.3. The molecule has 0 aliphatic rings. The van der Waals surface area contributed by atoms with Crippen molar-refractivity contribution >= 4 is 5.91 Å². The topological polar surface area (TPSA) is 69.6 Å². The Bertz CT molecular complexity index is 1070. The Morgan fingerprint density at radius 1 is 0.403 bits per heavy atom. The normalized spacial score (nSPS) is 13.4. The van der Waals surface area contributed by atoms with Crippen molar-refractivity contribution in [3.05, 3.63) is 72.9 Å². The number of hydrogen-bond donors (Lipinski definition) is 3. The van der Waals surface area contributed by atoms with Gasteiger partial charge in [0.05, 0.1) is 18.8 Å². The van der Waals surface area contributed by atoms with E-state index >= 15 is 0 Å². The van der Waals surface area contributed by atoms with E-state index in [1.165, 1.54) is 193 Å². The molecule has 1 amide bonds. The zero-order valence-electron chi connectivity index (χ0n) is 41.4. The fourth-order valence-electron chi connectivity index (χ4n) is 8.07. The Morgan fingerprint density at radius 2 is 0.726 bits per heavy atom. The molecule has 3 N–H and O–H groups in total. The maximum Gasteiger partial charge on any atom is 0.220 e. The second kappa shape index (κ2) is 53.2. The molecule has 360 valence electrons. The van der Waals surface area contributed by atoms with Gasteiger partial charge in [0.2, 0.25) is 5.91 Å². The number of aliphatic hydroxyl groups excluding tert-OH is 2. The number of hydrogen-bond acceptors (Lipinski definition) is 3. The van der Waals surface area contributed by atoms with Gasteiger partial charge in [-0.2, -0.15) is 0 Å². The minimum absolute atomic E-state index is 0.0762. The van der Waals surface area contributed by atoms with Crippen LogP contribution in [0.4, 0.5) is 0 Å². The van der Waals surface area contributed by atoms with Gasteiger partial charge in [0, 0.05) is 6.42 Å². The molecule has 0 aliphatic carbocycles. The smallest absolute Gasteiger partial charge is 0.220 e. The summed E-state index contributed by atoms with van der Waals surface area (Å²) in [6.07, 6.45) is 76.3. The largest absolute Gasteiger partial charge is 0.394 e. The molecule has 0 saturated heterocycles. The van der Waals surface area contributed by atoms with E-state index in [0.717, 1.165) is 57.8 Å². The van der Waals surface area contributed by atoms with E-state index in [1.807, 2.05) is 6.08 Å². The van der Waals surface area contributed by atoms with Gasteiger partial charge in [-0.25, -0.2) is 0 Å². The molecule has 0 fully saturated rings. The van der Waals surface area contributed by atoms with Crippen LogP contribution in [0.1, 0.15) is 271 Å². The van der Waals surface area contributed by atoms with E-state index in [0.29, 0.717) is 6.42 Å². The monoisotopic (exact) mass is 864 g/mol. The van der Waals surface area contributed by atoms with Crippen molar-refractivity contribution in [3.8, 4) is 0 Å². The molecule has 4 heteroatoms. The van der Waals surface area contributed by atoms with E-state index < -0.39 is 12.1 Å². The predicted molar refractivity (Wildman–Crippen MR) is 276 cm³/mol. The first-order valence-electron chi connectivity index (χ1n) is 27.2. The fourth-order valence-corrected chi connectivity index (χ4v) is 8.07. The molecule has 4 nitrogen and oxygen atoms in total. The van der Waals surface area contributed by atoms with Crippen molar-refractivity contribution in [1.29, 1.82) is 0 Å². The summed E-state index contributed by atoms with van der Waals surface area (Å²) in [7, 11) is 0. The van der Waals surface area contributed by atoms with Crippen molar-refractivity contribution in [3.63, 3.8) is 0 Å². The van der Waals surface area contributed by atoms with Crippen molar-refractivity contribution < 1.29 is 15.0 Å². The van der Waals surface area contributed by atoms with Crippen molar-refractivity contribution in [1.82, 2.24) is 5.32 Å². The van der Waals surface area contributed by atoms with E-state index in [1.54, 1.807) is 6.08 Å². The van der Waals surface area contributed by atoms with Gasteiger partial charge in [-0.3, -0.25) is 4.79 Å². The van der Waals surface area contributed by atoms with Gasteiger partial charge in [-0.1, -0.05) is 267 Å². The highest BCUT2D eigenvalue weighted by Crippen LogP contribution is 2.16. The standard InChI is InChI=1S/C58H105NO3/c1-3-5-7-9-11-13-15-17-19-21-23-25-27-29-31-33-35-37-39-41-43-45-47-49-51-53-57(61)56(55-60)59-58(62)54-52-50-48-46-44-42-40-38-36-34-32-30-28-26-24-22-20-18-16-14-12-10-8-6-4-2/h6,8,12,14,18,20,24,26,43,45,51,53,56-57,60-61H,3-5,7,9-11,13,15-17,19,21-23,25,27-42,44,46-50,52,54-55H2,1-2H3,(H,59,62)/b8-6-,14-12-,20-18-,26-24-,45-43+,53-51+. The van der Waals surface area contributed by atoms with Crippen LogP contribution in [-0.2, 0) is 4.79 Å². The number of carbonyl (C=O) groups excluding carboxylic acids is 1. The highest BCUT2D eigenvalue weighted by Gasteiger charge is 2.17. The molecule has 0 aromatic carbocycles. The molecule has 0 aliphatic heterocycles. The molecule has 0 saturated carbocycles. The zero-order chi connectivity index (χ0) is 44.9. The van der Waals surface area contributed by atoms with Crippen molar-refractivity contribution in [2.75, 3.05) is 6.61 Å². The summed E-state index contributed by atoms with van der Waals surface area (Å²) < 4.78 is 0. The van der Waals surface area contributed by atoms with Crippen molar-refractivity contribution in [2.24, 2.45) is 0 Å². The van der Waals surface area contributed by atoms with Gasteiger partial charge in [0.15, 0.2) is 0 Å². The second-order valence-corrected chi connectivity index (χ2v) is 18.3. The number of carbonyl (C=O) groups is 1. The summed E-state index contributed by atoms with van der Waals surface area (Å²) in [4.78, 5) is 12.5. The average molecular weight is 864 g/mol. The predicted octanol–water partition coefficient (Wildman–Crippen LogP) is 17.8. The lowest BCUT2D eigenvalue weighted by Gasteiger charge is -2.19. The number of amides is 1. The molecule has 0 spiro atoms. The maximum atomic E-state index is 12.5. The average Bonchev–Trinajstić information content (AvgIpc) is 3.28. The van der Waals surface area contributed by atoms with E-state index in [4.69, 9.17) is 0 Å². The first kappa shape index (κ1) is 59.8. The first-order chi connectivity index (χ1) is 30.7. The van der Waals surface area contributed by atoms with Gasteiger partial charge in [0.1, 0.15) is 0 Å². The Morgan fingerprint density at radius 3 is 1.13 bits per heavy atom. The van der Waals surface area contributed by atoms with E-state index in [-0.39, 0.29) is 12.5 Å². The summed E-state index contributed by atoms with van der Waals surface area (Å²) in [5, 5.41) is 23.1. The fraction of sp³-hybridized carbons (Fsp3) is 0.776. The van der Waals surface area contributed by atoms with Gasteiger partial charge < -0.3 is 15.5 Å². The lowest BCUT2D eigenvalue weighted by Crippen LogP contribution is -2.45. The number of unbranched alkanes of at least 4 members (excludes halogenated alkanes) is 32. The molecule has 0 aromatic rings. The van der Waals surface area contributed by atoms with Crippen LogP contribution in [0.15, 0.2) is 72.9 Å². The lowest BCUT2D eigenvalue weighted by molar-refractivity contribution is -0.123. The van der Waals surface area contributed by atoms with Gasteiger partial charge in [-0.05, 0) is 70.6 Å². The minimum atomic E-state index is -0.867. The molecule has 2 atom stereocenters. The van der Waals surface area contributed by atoms with Crippen LogP contribution in [0.25, 0.3) is 0 Å². The molecular weight excluding hydrogens is 759 g/mol. The van der Waals surface area contributed by atoms with Crippen LogP contribution in [0.5, 0.6) is 0 Å². The highest BCUT2D eigenvalue weighted by atomic mass is 16.3. The minimum Gasteiger partial charge on any atom is -0.394 e. The summed E-state index contributed by atoms with van der Waals surface area (Å²) in [5.74, 6) is -0.0762. The molecule has 0 aromatic heterocycles. The zero-order valence-corrected chi connectivity index (χ0v) is 41.4. The number of aliphatic hydroxyl groups is 2. The molecule has 0 radical (unpaired) electrons. The van der Waals surface area contributed by atoms with Crippen LogP contribution in [0, 0.1) is 0 Å². The van der Waals surface area contributed by atoms with E-state index in [2.05, 4.69) is 79.9 Å². The van der Waals surface area contributed by atoms with Crippen LogP contribution < -0.4 is 5.32 Å². The first-order valence-corrected chi connectivity index (χ1v) is 27.2. The Labute approximate surface area is 387 Å². The maximum absolute atomic E-state index is 12.5. The molecular formula is C58H105NO3. The number of allylic oxidation sites excluding steroid dienone is 11. The SMILES string of the molecule is CC/C=C\C/C=C\C/C=C\C/C=C\CCCCCCCCCCCCCCC(=O)NC(CO)C(O)/C=C/CC/C=C/CCCCCCCCCCCCCCCCCCCCC. The highest BCUT2D eigenvalue weighted by molar-refractivity contribution is 5.76. The molecule has 0 heterocycles. The van der Waals surface area contributed by atoms with Crippen LogP contribution >= 0.6 is 0 Å². The van der Waals surface area contributed by atoms with Gasteiger partial charge >= 0.3 is 0 Å². The Hall–Kier alpha value is -2.17. The third kappa shape index (κ3) is 48.9. The van der Waals surface area contributed by atoms with Crippen LogP contribution in [-0.4, -0.2) is 34.9 Å². The van der Waals surface area contributed by atoms with Gasteiger partial charge in [0.25, 0.3) is 0 Å². The molecule has 62 heavy (non-hydrogen) atoms. The Kier molecular flexibility index (Phi) is 51.3. The third-order valence-corrected chi connectivity index (χ3v) is 12.2. The third-order valence-electron chi connectivity index (χ3n) is 12.2. The summed E-state index contributed by atoms with van der Waals surface area (Å²) in [5.41, 5.74) is 0. The quantitative estimate of drug-likeness (QED) is 0.0421. The van der Waals surface area contributed by atoms with Crippen LogP contribution in [0.3, 0.4) is 0 Å². The molecule has 2 unspecified atom stereocenters. The summed E-state index contributed by atoms with van der Waals surface area (Å²) in [6.45, 7) is 4.20. The number of rotatable bonds is 49. The Balaban J connectivity index is 3.56. The summed E-state index contributed by atoms with van der Waals surface area (Å²) in [6, 6.07) is -0.644. The lowest BCUT2D eigenvalue weighted by atomic mass is 10.0. The van der Waals surface area contributed by atoms with Gasteiger partial charge in [-0.15, -0.1) is 0 Å². The summed E-state index contributed by atoms with van der Waals surface area (Å²) >= 11 is 0. The van der Waals surface area contributed by atoms with E-state index in [9.17, 15) is 15.0 Å². The van der Waals surface area contributed by atoms with Crippen LogP contribution in [0.2, 0.25) is 0 Å². The van der Waals surface area contributed by atoms with Crippen molar-refractivity contribution in [2.45, 2.75) is 283 Å². The molecule has 0 bridgehead atoms. The number of nitrogens with one attached hydrogen (secondary N) is 1.